The van der Waals surface area contributed by atoms with E-state index in [1.807, 2.05) is 54.6 Å². The van der Waals surface area contributed by atoms with Gasteiger partial charge < -0.3 is 18.9 Å². The zero-order valence-corrected chi connectivity index (χ0v) is 14.0. The van der Waals surface area contributed by atoms with Gasteiger partial charge in [0.15, 0.2) is 0 Å². The van der Waals surface area contributed by atoms with Crippen molar-refractivity contribution in [1.82, 2.24) is 0 Å². The van der Waals surface area contributed by atoms with Crippen molar-refractivity contribution in [1.29, 1.82) is 0 Å². The third kappa shape index (κ3) is 2.61. The molecule has 4 heteroatoms. The molecule has 0 radical (unpaired) electrons. The van der Waals surface area contributed by atoms with Gasteiger partial charge >= 0.3 is 5.97 Å². The Morgan fingerprint density at radius 1 is 0.833 bits per heavy atom. The molecule has 24 heavy (non-hydrogen) atoms. The Labute approximate surface area is 142 Å². The van der Waals surface area contributed by atoms with Crippen molar-refractivity contribution in [2.45, 2.75) is 19.8 Å². The van der Waals surface area contributed by atoms with Gasteiger partial charge in [0.2, 0.25) is 0 Å². The highest BCUT2D eigenvalue weighted by Gasteiger charge is 2.54. The molecule has 4 nitrogen and oxygen atoms in total. The largest absolute Gasteiger partial charge is 0.457 e. The molecule has 0 saturated carbocycles. The number of hydrogen-bond donors (Lipinski definition) is 0. The molecule has 3 aliphatic rings. The lowest BCUT2D eigenvalue weighted by molar-refractivity contribution is -0.484. The summed E-state index contributed by atoms with van der Waals surface area (Å²) >= 11 is 0. The monoisotopic (exact) mass is 326 g/mol. The fourth-order valence-corrected chi connectivity index (χ4v) is 3.09. The van der Waals surface area contributed by atoms with Crippen molar-refractivity contribution in [2.24, 2.45) is 11.3 Å². The number of hydrogen-bond acceptors (Lipinski definition) is 4. The Kier molecular flexibility index (Phi) is 3.83. The highest BCUT2D eigenvalue weighted by molar-refractivity contribution is 5.35. The van der Waals surface area contributed by atoms with Gasteiger partial charge in [-0.3, -0.25) is 0 Å². The molecule has 2 aromatic rings. The van der Waals surface area contributed by atoms with Crippen LogP contribution in [0.1, 0.15) is 19.4 Å². The van der Waals surface area contributed by atoms with Crippen molar-refractivity contribution >= 4 is 0 Å². The summed E-state index contributed by atoms with van der Waals surface area (Å²) in [5.74, 6) is 0.867. The number of ether oxygens (including phenoxy) is 4. The molecule has 0 unspecified atom stereocenters. The molecule has 2 bridgehead atoms. The van der Waals surface area contributed by atoms with Crippen molar-refractivity contribution in [2.75, 3.05) is 19.8 Å². The standard InChI is InChI=1S/C20H22O4/c1-15(2)19-12-21-20(22-13-19,23-14-19)16-7-6-10-18(11-16)24-17-8-4-3-5-9-17/h3-11,15H,12-14H2,1-2H3. The highest BCUT2D eigenvalue weighted by Crippen LogP contribution is 2.47. The van der Waals surface area contributed by atoms with E-state index in [1.165, 1.54) is 0 Å². The van der Waals surface area contributed by atoms with E-state index in [2.05, 4.69) is 13.8 Å². The van der Waals surface area contributed by atoms with E-state index in [-0.39, 0.29) is 5.41 Å². The summed E-state index contributed by atoms with van der Waals surface area (Å²) in [6.07, 6.45) is 0. The van der Waals surface area contributed by atoms with Crippen molar-refractivity contribution in [3.8, 4) is 11.5 Å². The molecule has 5 rings (SSSR count). The van der Waals surface area contributed by atoms with E-state index in [4.69, 9.17) is 18.9 Å². The van der Waals surface area contributed by atoms with Crippen LogP contribution in [0.2, 0.25) is 0 Å². The Hall–Kier alpha value is -1.88. The summed E-state index contributed by atoms with van der Waals surface area (Å²) in [5.41, 5.74) is 0.785. The van der Waals surface area contributed by atoms with E-state index >= 15 is 0 Å². The smallest absolute Gasteiger partial charge is 0.312 e. The number of rotatable bonds is 4. The minimum absolute atomic E-state index is 0.0418. The molecule has 3 heterocycles. The van der Waals surface area contributed by atoms with E-state index in [9.17, 15) is 0 Å². The predicted octanol–water partition coefficient (Wildman–Crippen LogP) is 4.31. The zero-order chi connectivity index (χ0) is 16.6. The van der Waals surface area contributed by atoms with Gasteiger partial charge in [0, 0.05) is 11.0 Å². The van der Waals surface area contributed by atoms with Gasteiger partial charge in [-0.25, -0.2) is 0 Å². The second-order valence-corrected chi connectivity index (χ2v) is 6.88. The van der Waals surface area contributed by atoms with Gasteiger partial charge in [0.1, 0.15) is 11.5 Å². The van der Waals surface area contributed by atoms with Crippen LogP contribution in [0, 0.1) is 11.3 Å². The predicted molar refractivity (Wildman–Crippen MR) is 89.8 cm³/mol. The quantitative estimate of drug-likeness (QED) is 0.839. The second-order valence-electron chi connectivity index (χ2n) is 6.88. The van der Waals surface area contributed by atoms with Crippen LogP contribution in [0.3, 0.4) is 0 Å². The van der Waals surface area contributed by atoms with E-state index < -0.39 is 5.97 Å². The summed E-state index contributed by atoms with van der Waals surface area (Å²) in [6, 6.07) is 17.4. The lowest BCUT2D eigenvalue weighted by Crippen LogP contribution is -2.60. The third-order valence-electron chi connectivity index (χ3n) is 5.04. The fraction of sp³-hybridized carbons (Fsp3) is 0.400. The summed E-state index contributed by atoms with van der Waals surface area (Å²) < 4.78 is 24.0. The molecular weight excluding hydrogens is 304 g/mol. The SMILES string of the molecule is CC(C)C12COC(c3cccc(Oc4ccccc4)c3)(OC1)OC2. The number of para-hydroxylation sites is 1. The van der Waals surface area contributed by atoms with Crippen LogP contribution in [-0.2, 0) is 20.2 Å². The highest BCUT2D eigenvalue weighted by atomic mass is 16.9. The molecule has 0 atom stereocenters. The van der Waals surface area contributed by atoms with Crippen LogP contribution in [0.5, 0.6) is 11.5 Å². The van der Waals surface area contributed by atoms with Crippen molar-refractivity contribution < 1.29 is 18.9 Å². The Balaban J connectivity index is 1.56. The maximum absolute atomic E-state index is 6.02. The van der Waals surface area contributed by atoms with Crippen LogP contribution < -0.4 is 4.74 Å². The van der Waals surface area contributed by atoms with E-state index in [1.54, 1.807) is 0 Å². The van der Waals surface area contributed by atoms with Crippen LogP contribution >= 0.6 is 0 Å². The number of benzene rings is 2. The van der Waals surface area contributed by atoms with Gasteiger partial charge in [-0.1, -0.05) is 44.2 Å². The number of fused-ring (bicyclic) bond motifs is 3. The average Bonchev–Trinajstić information content (AvgIpc) is 2.64. The molecule has 0 amide bonds. The van der Waals surface area contributed by atoms with Crippen LogP contribution in [-0.4, -0.2) is 19.8 Å². The molecule has 3 saturated heterocycles. The normalized spacial score (nSPS) is 29.0. The first-order valence-electron chi connectivity index (χ1n) is 8.37. The first-order chi connectivity index (χ1) is 11.6. The second kappa shape index (κ2) is 5.88. The molecule has 0 aromatic heterocycles. The van der Waals surface area contributed by atoms with Crippen molar-refractivity contribution in [3.05, 3.63) is 60.2 Å². The maximum atomic E-state index is 6.02. The van der Waals surface area contributed by atoms with Gasteiger partial charge in [-0.2, -0.15) is 0 Å². The first-order valence-corrected chi connectivity index (χ1v) is 8.37. The van der Waals surface area contributed by atoms with Crippen molar-refractivity contribution in [3.63, 3.8) is 0 Å². The molecule has 0 aliphatic carbocycles. The molecule has 3 fully saturated rings. The van der Waals surface area contributed by atoms with Gasteiger partial charge in [-0.15, -0.1) is 0 Å². The Morgan fingerprint density at radius 3 is 2.08 bits per heavy atom. The molecular formula is C20H22O4. The van der Waals surface area contributed by atoms with E-state index in [0.29, 0.717) is 25.7 Å². The lowest BCUT2D eigenvalue weighted by Gasteiger charge is -2.53. The molecule has 2 aromatic carbocycles. The van der Waals surface area contributed by atoms with Gasteiger partial charge in [0.05, 0.1) is 19.8 Å². The topological polar surface area (TPSA) is 36.9 Å². The minimum atomic E-state index is -1.10. The van der Waals surface area contributed by atoms with Crippen LogP contribution in [0.15, 0.2) is 54.6 Å². The molecule has 126 valence electrons. The van der Waals surface area contributed by atoms with Crippen LogP contribution in [0.4, 0.5) is 0 Å². The zero-order valence-electron chi connectivity index (χ0n) is 14.0. The maximum Gasteiger partial charge on any atom is 0.312 e. The average molecular weight is 326 g/mol. The molecule has 0 N–H and O–H groups in total. The summed E-state index contributed by atoms with van der Waals surface area (Å²) in [7, 11) is 0. The van der Waals surface area contributed by atoms with Crippen LogP contribution in [0.25, 0.3) is 0 Å². The molecule has 3 aliphatic heterocycles. The van der Waals surface area contributed by atoms with Gasteiger partial charge in [-0.05, 0) is 30.2 Å². The summed E-state index contributed by atoms with van der Waals surface area (Å²) in [4.78, 5) is 0. The third-order valence-corrected chi connectivity index (χ3v) is 5.04. The Bertz CT molecular complexity index is 686. The first kappa shape index (κ1) is 15.6. The lowest BCUT2D eigenvalue weighted by atomic mass is 9.77. The van der Waals surface area contributed by atoms with Gasteiger partial charge in [0.25, 0.3) is 0 Å². The summed E-state index contributed by atoms with van der Waals surface area (Å²) in [6.45, 7) is 6.31. The summed E-state index contributed by atoms with van der Waals surface area (Å²) in [5, 5.41) is 0. The molecule has 0 spiro atoms. The Morgan fingerprint density at radius 2 is 1.46 bits per heavy atom. The minimum Gasteiger partial charge on any atom is -0.457 e. The van der Waals surface area contributed by atoms with E-state index in [0.717, 1.165) is 17.1 Å². The fourth-order valence-electron chi connectivity index (χ4n) is 3.09.